The van der Waals surface area contributed by atoms with Crippen molar-refractivity contribution in [3.8, 4) is 0 Å². The van der Waals surface area contributed by atoms with E-state index in [4.69, 9.17) is 16.0 Å². The lowest BCUT2D eigenvalue weighted by Gasteiger charge is -2.16. The Hall–Kier alpha value is -1.47. The molecule has 2 aromatic carbocycles. The highest BCUT2D eigenvalue weighted by Crippen LogP contribution is 2.35. The largest absolute Gasteiger partial charge is 0.456 e. The SMILES string of the molecule is CCC(C)C(Cl)c1ccc2oc3ccccc3c2c1. The number of hydrogen-bond donors (Lipinski definition) is 0. The Balaban J connectivity index is 2.16. The van der Waals surface area contributed by atoms with Crippen molar-refractivity contribution >= 4 is 33.5 Å². The van der Waals surface area contributed by atoms with E-state index in [0.29, 0.717) is 5.92 Å². The van der Waals surface area contributed by atoms with Crippen LogP contribution in [0.2, 0.25) is 0 Å². The van der Waals surface area contributed by atoms with Crippen LogP contribution in [0.4, 0.5) is 0 Å². The third kappa shape index (κ3) is 2.12. The van der Waals surface area contributed by atoms with Crippen LogP contribution in [0.1, 0.15) is 31.2 Å². The molecule has 0 bridgehead atoms. The average Bonchev–Trinajstić information content (AvgIpc) is 2.83. The molecule has 1 nitrogen and oxygen atoms in total. The number of rotatable bonds is 3. The lowest BCUT2D eigenvalue weighted by molar-refractivity contribution is 0.542. The topological polar surface area (TPSA) is 13.1 Å². The predicted octanol–water partition coefficient (Wildman–Crippen LogP) is 5.91. The highest BCUT2D eigenvalue weighted by Gasteiger charge is 2.16. The van der Waals surface area contributed by atoms with E-state index < -0.39 is 0 Å². The second-order valence-corrected chi connectivity index (χ2v) is 5.61. The summed E-state index contributed by atoms with van der Waals surface area (Å²) >= 11 is 6.54. The molecule has 1 aromatic heterocycles. The van der Waals surface area contributed by atoms with Gasteiger partial charge in [0.05, 0.1) is 5.38 Å². The molecule has 3 rings (SSSR count). The van der Waals surface area contributed by atoms with Crippen LogP contribution in [0.15, 0.2) is 46.9 Å². The van der Waals surface area contributed by atoms with Gasteiger partial charge in [-0.2, -0.15) is 0 Å². The first-order valence-electron chi connectivity index (χ1n) is 6.76. The first kappa shape index (κ1) is 12.6. The molecular weight excluding hydrogens is 256 g/mol. The summed E-state index contributed by atoms with van der Waals surface area (Å²) in [6.07, 6.45) is 1.08. The van der Waals surface area contributed by atoms with E-state index in [1.807, 2.05) is 24.3 Å². The smallest absolute Gasteiger partial charge is 0.135 e. The zero-order chi connectivity index (χ0) is 13.4. The molecule has 0 aliphatic carbocycles. The summed E-state index contributed by atoms with van der Waals surface area (Å²) < 4.78 is 5.83. The molecule has 0 N–H and O–H groups in total. The van der Waals surface area contributed by atoms with Crippen LogP contribution in [-0.4, -0.2) is 0 Å². The second-order valence-electron chi connectivity index (χ2n) is 5.14. The van der Waals surface area contributed by atoms with Crippen molar-refractivity contribution in [1.82, 2.24) is 0 Å². The summed E-state index contributed by atoms with van der Waals surface area (Å²) in [4.78, 5) is 0. The van der Waals surface area contributed by atoms with E-state index in [0.717, 1.165) is 28.4 Å². The Kier molecular flexibility index (Phi) is 3.24. The van der Waals surface area contributed by atoms with E-state index >= 15 is 0 Å². The molecule has 0 saturated heterocycles. The fraction of sp³-hybridized carbons (Fsp3) is 0.294. The van der Waals surface area contributed by atoms with Crippen molar-refractivity contribution in [2.45, 2.75) is 25.6 Å². The Morgan fingerprint density at radius 2 is 1.79 bits per heavy atom. The number of halogens is 1. The molecule has 0 aliphatic heterocycles. The van der Waals surface area contributed by atoms with Gasteiger partial charge in [0.25, 0.3) is 0 Å². The lowest BCUT2D eigenvalue weighted by atomic mass is 9.97. The van der Waals surface area contributed by atoms with E-state index in [2.05, 4.69) is 32.0 Å². The highest BCUT2D eigenvalue weighted by atomic mass is 35.5. The summed E-state index contributed by atoms with van der Waals surface area (Å²) in [5.41, 5.74) is 3.04. The molecule has 2 atom stereocenters. The zero-order valence-corrected chi connectivity index (χ0v) is 11.9. The Morgan fingerprint density at radius 1 is 1.05 bits per heavy atom. The predicted molar refractivity (Wildman–Crippen MR) is 81.8 cm³/mol. The summed E-state index contributed by atoms with van der Waals surface area (Å²) in [5, 5.41) is 2.37. The fourth-order valence-corrected chi connectivity index (χ4v) is 2.76. The van der Waals surface area contributed by atoms with Crippen LogP contribution in [0.5, 0.6) is 0 Å². The third-order valence-electron chi connectivity index (χ3n) is 3.86. The van der Waals surface area contributed by atoms with E-state index in [9.17, 15) is 0 Å². The number of para-hydroxylation sites is 1. The number of hydrogen-bond acceptors (Lipinski definition) is 1. The number of furan rings is 1. The Labute approximate surface area is 118 Å². The van der Waals surface area contributed by atoms with Gasteiger partial charge in [0.15, 0.2) is 0 Å². The van der Waals surface area contributed by atoms with Gasteiger partial charge in [-0.25, -0.2) is 0 Å². The monoisotopic (exact) mass is 272 g/mol. The standard InChI is InChI=1S/C17H17ClO/c1-3-11(2)17(18)12-8-9-16-14(10-12)13-6-4-5-7-15(13)19-16/h4-11,17H,3H2,1-2H3. The first-order valence-corrected chi connectivity index (χ1v) is 7.19. The maximum atomic E-state index is 6.54. The van der Waals surface area contributed by atoms with Gasteiger partial charge >= 0.3 is 0 Å². The van der Waals surface area contributed by atoms with Crippen molar-refractivity contribution in [3.63, 3.8) is 0 Å². The van der Waals surface area contributed by atoms with Crippen LogP contribution in [-0.2, 0) is 0 Å². The van der Waals surface area contributed by atoms with Gasteiger partial charge in [0.2, 0.25) is 0 Å². The maximum Gasteiger partial charge on any atom is 0.135 e. The van der Waals surface area contributed by atoms with Crippen molar-refractivity contribution in [1.29, 1.82) is 0 Å². The zero-order valence-electron chi connectivity index (χ0n) is 11.2. The molecule has 0 saturated carbocycles. The van der Waals surface area contributed by atoms with Crippen LogP contribution >= 0.6 is 11.6 Å². The Morgan fingerprint density at radius 3 is 2.58 bits per heavy atom. The third-order valence-corrected chi connectivity index (χ3v) is 4.54. The number of benzene rings is 2. The summed E-state index contributed by atoms with van der Waals surface area (Å²) in [5.74, 6) is 0.470. The minimum atomic E-state index is 0.0584. The molecule has 2 unspecified atom stereocenters. The normalized spacial score (nSPS) is 14.9. The van der Waals surface area contributed by atoms with Crippen LogP contribution < -0.4 is 0 Å². The van der Waals surface area contributed by atoms with Gasteiger partial charge in [-0.15, -0.1) is 11.6 Å². The molecule has 98 valence electrons. The van der Waals surface area contributed by atoms with Gasteiger partial charge in [-0.1, -0.05) is 44.5 Å². The quantitative estimate of drug-likeness (QED) is 0.540. The molecular formula is C17H17ClO. The van der Waals surface area contributed by atoms with Gasteiger partial charge in [0.1, 0.15) is 11.2 Å². The minimum Gasteiger partial charge on any atom is -0.456 e. The molecule has 1 heterocycles. The molecule has 0 fully saturated rings. The molecule has 2 heteroatoms. The first-order chi connectivity index (χ1) is 9.20. The molecule has 19 heavy (non-hydrogen) atoms. The number of alkyl halides is 1. The van der Waals surface area contributed by atoms with E-state index in [1.54, 1.807) is 0 Å². The molecule has 0 spiro atoms. The number of fused-ring (bicyclic) bond motifs is 3. The minimum absolute atomic E-state index is 0.0584. The van der Waals surface area contributed by atoms with Crippen molar-refractivity contribution in [2.24, 2.45) is 5.92 Å². The van der Waals surface area contributed by atoms with Gasteiger partial charge in [-0.05, 0) is 29.7 Å². The summed E-state index contributed by atoms with van der Waals surface area (Å²) in [6, 6.07) is 14.4. The molecule has 0 radical (unpaired) electrons. The van der Waals surface area contributed by atoms with Crippen LogP contribution in [0, 0.1) is 5.92 Å². The van der Waals surface area contributed by atoms with Crippen LogP contribution in [0.25, 0.3) is 21.9 Å². The molecule has 0 aliphatic rings. The van der Waals surface area contributed by atoms with E-state index in [1.165, 1.54) is 5.56 Å². The van der Waals surface area contributed by atoms with Gasteiger partial charge < -0.3 is 4.42 Å². The summed E-state index contributed by atoms with van der Waals surface area (Å²) in [6.45, 7) is 4.36. The fourth-order valence-electron chi connectivity index (χ4n) is 2.45. The van der Waals surface area contributed by atoms with E-state index in [-0.39, 0.29) is 5.38 Å². The lowest BCUT2D eigenvalue weighted by Crippen LogP contribution is -2.02. The molecule has 3 aromatic rings. The van der Waals surface area contributed by atoms with Crippen molar-refractivity contribution in [3.05, 3.63) is 48.0 Å². The van der Waals surface area contributed by atoms with Gasteiger partial charge in [0, 0.05) is 10.8 Å². The average molecular weight is 273 g/mol. The van der Waals surface area contributed by atoms with Gasteiger partial charge in [-0.3, -0.25) is 0 Å². The summed E-state index contributed by atoms with van der Waals surface area (Å²) in [7, 11) is 0. The van der Waals surface area contributed by atoms with Crippen LogP contribution in [0.3, 0.4) is 0 Å². The highest BCUT2D eigenvalue weighted by molar-refractivity contribution is 6.21. The van der Waals surface area contributed by atoms with Crippen molar-refractivity contribution in [2.75, 3.05) is 0 Å². The maximum absolute atomic E-state index is 6.54. The Bertz CT molecular complexity index is 713. The second kappa shape index (κ2) is 4.90. The molecule has 0 amide bonds. The van der Waals surface area contributed by atoms with Crippen molar-refractivity contribution < 1.29 is 4.42 Å².